The molecule has 1 atom stereocenters. The fraction of sp³-hybridized carbons (Fsp3) is 0.278. The third kappa shape index (κ3) is 2.38. The van der Waals surface area contributed by atoms with Gasteiger partial charge in [-0.15, -0.1) is 10.2 Å². The van der Waals surface area contributed by atoms with Crippen LogP contribution in [0, 0.1) is 17.1 Å². The highest BCUT2D eigenvalue weighted by atomic mass is 19.1. The number of pyridine rings is 1. The monoisotopic (exact) mass is 321 g/mol. The molecule has 2 aromatic heterocycles. The molecule has 1 aliphatic heterocycles. The van der Waals surface area contributed by atoms with E-state index in [1.165, 1.54) is 6.07 Å². The summed E-state index contributed by atoms with van der Waals surface area (Å²) < 4.78 is 15.9. The first-order chi connectivity index (χ1) is 11.8. The smallest absolute Gasteiger partial charge is 0.160 e. The maximum absolute atomic E-state index is 13.9. The average Bonchev–Trinajstić information content (AvgIpc) is 3.06. The molecule has 1 fully saturated rings. The first-order valence-corrected chi connectivity index (χ1v) is 8.01. The van der Waals surface area contributed by atoms with E-state index in [1.807, 2.05) is 40.9 Å². The summed E-state index contributed by atoms with van der Waals surface area (Å²) in [5, 5.41) is 17.9. The minimum Gasteiger partial charge on any atom is -0.370 e. The van der Waals surface area contributed by atoms with E-state index in [9.17, 15) is 9.65 Å². The van der Waals surface area contributed by atoms with Crippen molar-refractivity contribution in [2.24, 2.45) is 0 Å². The van der Waals surface area contributed by atoms with Crippen molar-refractivity contribution >= 4 is 11.3 Å². The summed E-state index contributed by atoms with van der Waals surface area (Å²) in [6, 6.07) is 12.6. The fourth-order valence-corrected chi connectivity index (χ4v) is 3.43. The van der Waals surface area contributed by atoms with Crippen molar-refractivity contribution in [3.8, 4) is 6.07 Å². The number of aromatic nitrogens is 3. The van der Waals surface area contributed by atoms with Gasteiger partial charge in [-0.1, -0.05) is 12.1 Å². The highest BCUT2D eigenvalue weighted by Gasteiger charge is 2.27. The summed E-state index contributed by atoms with van der Waals surface area (Å²) in [7, 11) is 0. The van der Waals surface area contributed by atoms with Crippen LogP contribution in [0.25, 0.3) is 5.65 Å². The molecular weight excluding hydrogens is 305 g/mol. The predicted molar refractivity (Wildman–Crippen MR) is 88.3 cm³/mol. The molecule has 0 spiro atoms. The van der Waals surface area contributed by atoms with Gasteiger partial charge in [0.25, 0.3) is 0 Å². The van der Waals surface area contributed by atoms with Crippen LogP contribution in [-0.4, -0.2) is 27.7 Å². The van der Waals surface area contributed by atoms with Crippen molar-refractivity contribution in [2.45, 2.75) is 18.8 Å². The lowest BCUT2D eigenvalue weighted by atomic mass is 9.96. The molecule has 120 valence electrons. The van der Waals surface area contributed by atoms with Crippen molar-refractivity contribution in [1.82, 2.24) is 14.6 Å². The van der Waals surface area contributed by atoms with Crippen LogP contribution in [0.5, 0.6) is 0 Å². The number of anilines is 1. The number of halogens is 1. The zero-order chi connectivity index (χ0) is 16.5. The van der Waals surface area contributed by atoms with Crippen molar-refractivity contribution < 1.29 is 4.39 Å². The Morgan fingerprint density at radius 3 is 2.96 bits per heavy atom. The van der Waals surface area contributed by atoms with Crippen molar-refractivity contribution in [1.29, 1.82) is 5.26 Å². The second kappa shape index (κ2) is 5.93. The van der Waals surface area contributed by atoms with Crippen molar-refractivity contribution in [3.63, 3.8) is 0 Å². The Morgan fingerprint density at radius 1 is 1.17 bits per heavy atom. The Morgan fingerprint density at radius 2 is 2.08 bits per heavy atom. The van der Waals surface area contributed by atoms with Crippen molar-refractivity contribution in [2.75, 3.05) is 18.0 Å². The summed E-state index contributed by atoms with van der Waals surface area (Å²) >= 11 is 0. The second-order valence-electron chi connectivity index (χ2n) is 6.02. The Labute approximate surface area is 139 Å². The molecule has 5 nitrogen and oxygen atoms in total. The first-order valence-electron chi connectivity index (χ1n) is 8.01. The van der Waals surface area contributed by atoms with E-state index < -0.39 is 5.82 Å². The summed E-state index contributed by atoms with van der Waals surface area (Å²) in [4.78, 5) is 2.08. The third-order valence-electron chi connectivity index (χ3n) is 4.57. The second-order valence-corrected chi connectivity index (χ2v) is 6.02. The van der Waals surface area contributed by atoms with E-state index in [1.54, 1.807) is 6.07 Å². The number of piperidine rings is 1. The van der Waals surface area contributed by atoms with E-state index in [0.717, 1.165) is 30.9 Å². The Bertz CT molecular complexity index is 927. The Balaban J connectivity index is 1.68. The lowest BCUT2D eigenvalue weighted by Gasteiger charge is -2.34. The van der Waals surface area contributed by atoms with Gasteiger partial charge < -0.3 is 4.90 Å². The van der Waals surface area contributed by atoms with E-state index >= 15 is 0 Å². The SMILES string of the molecule is N#Cc1c(F)cccc1N1CCCC(c2nnc3ccccn23)C1. The molecule has 1 saturated heterocycles. The van der Waals surface area contributed by atoms with Gasteiger partial charge in [-0.25, -0.2) is 4.39 Å². The van der Waals surface area contributed by atoms with E-state index in [2.05, 4.69) is 15.1 Å². The minimum atomic E-state index is -0.468. The van der Waals surface area contributed by atoms with Gasteiger partial charge in [0, 0.05) is 25.2 Å². The molecule has 0 radical (unpaired) electrons. The topological polar surface area (TPSA) is 57.2 Å². The Hall–Kier alpha value is -2.94. The lowest BCUT2D eigenvalue weighted by molar-refractivity contribution is 0.487. The number of hydrogen-bond donors (Lipinski definition) is 0. The molecule has 0 amide bonds. The van der Waals surface area contributed by atoms with Gasteiger partial charge in [0.2, 0.25) is 0 Å². The lowest BCUT2D eigenvalue weighted by Crippen LogP contribution is -2.35. The van der Waals surface area contributed by atoms with Crippen LogP contribution < -0.4 is 4.90 Å². The summed E-state index contributed by atoms with van der Waals surface area (Å²) in [5.41, 5.74) is 1.60. The molecule has 1 aliphatic rings. The summed E-state index contributed by atoms with van der Waals surface area (Å²) in [5.74, 6) is 0.654. The van der Waals surface area contributed by atoms with Crippen LogP contribution in [0.3, 0.4) is 0 Å². The molecule has 3 aromatic rings. The van der Waals surface area contributed by atoms with E-state index in [-0.39, 0.29) is 11.5 Å². The average molecular weight is 321 g/mol. The minimum absolute atomic E-state index is 0.115. The standard InChI is InChI=1S/C18H16FN5/c19-15-6-3-7-16(14(15)11-20)23-9-4-5-13(12-23)18-22-21-17-8-1-2-10-24(17)18/h1-3,6-8,10,13H,4-5,9,12H2. The van der Waals surface area contributed by atoms with Gasteiger partial charge in [-0.05, 0) is 37.1 Å². The molecule has 3 heterocycles. The van der Waals surface area contributed by atoms with Crippen LogP contribution in [0.1, 0.15) is 30.1 Å². The van der Waals surface area contributed by atoms with Crippen molar-refractivity contribution in [3.05, 3.63) is 59.8 Å². The molecule has 4 rings (SSSR count). The van der Waals surface area contributed by atoms with Crippen LogP contribution >= 0.6 is 0 Å². The van der Waals surface area contributed by atoms with Crippen LogP contribution in [0.4, 0.5) is 10.1 Å². The van der Waals surface area contributed by atoms with E-state index in [4.69, 9.17) is 0 Å². The quantitative estimate of drug-likeness (QED) is 0.727. The Kier molecular flexibility index (Phi) is 3.62. The van der Waals surface area contributed by atoms with Gasteiger partial charge in [0.1, 0.15) is 23.3 Å². The molecule has 0 aliphatic carbocycles. The zero-order valence-electron chi connectivity index (χ0n) is 13.1. The summed E-state index contributed by atoms with van der Waals surface area (Å²) in [6.45, 7) is 1.51. The number of hydrogen-bond acceptors (Lipinski definition) is 4. The maximum atomic E-state index is 13.9. The zero-order valence-corrected chi connectivity index (χ0v) is 13.1. The molecule has 24 heavy (non-hydrogen) atoms. The highest BCUT2D eigenvalue weighted by molar-refractivity contribution is 5.60. The molecule has 6 heteroatoms. The van der Waals surface area contributed by atoms with Crippen LogP contribution in [-0.2, 0) is 0 Å². The first kappa shape index (κ1) is 14.6. The van der Waals surface area contributed by atoms with Gasteiger partial charge >= 0.3 is 0 Å². The highest BCUT2D eigenvalue weighted by Crippen LogP contribution is 2.31. The van der Waals surface area contributed by atoms with Gasteiger partial charge in [0.15, 0.2) is 5.65 Å². The number of fused-ring (bicyclic) bond motifs is 1. The molecular formula is C18H16FN5. The maximum Gasteiger partial charge on any atom is 0.160 e. The number of benzene rings is 1. The predicted octanol–water partition coefficient (Wildman–Crippen LogP) is 3.12. The normalized spacial score (nSPS) is 17.8. The van der Waals surface area contributed by atoms with E-state index in [0.29, 0.717) is 12.2 Å². The number of nitrogens with zero attached hydrogens (tertiary/aromatic N) is 5. The van der Waals surface area contributed by atoms with Gasteiger partial charge in [-0.3, -0.25) is 4.40 Å². The van der Waals surface area contributed by atoms with Gasteiger partial charge in [0.05, 0.1) is 5.69 Å². The van der Waals surface area contributed by atoms with Crippen LogP contribution in [0.2, 0.25) is 0 Å². The molecule has 1 aromatic carbocycles. The number of nitriles is 1. The molecule has 0 saturated carbocycles. The van der Waals surface area contributed by atoms with Gasteiger partial charge in [-0.2, -0.15) is 5.26 Å². The molecule has 0 N–H and O–H groups in total. The molecule has 0 bridgehead atoms. The number of rotatable bonds is 2. The third-order valence-corrected chi connectivity index (χ3v) is 4.57. The largest absolute Gasteiger partial charge is 0.370 e. The fourth-order valence-electron chi connectivity index (χ4n) is 3.43. The van der Waals surface area contributed by atoms with Crippen LogP contribution in [0.15, 0.2) is 42.6 Å². The summed E-state index contributed by atoms with van der Waals surface area (Å²) in [6.07, 6.45) is 3.93. The molecule has 1 unspecified atom stereocenters.